The van der Waals surface area contributed by atoms with Crippen molar-refractivity contribution in [2.45, 2.75) is 36.6 Å². The van der Waals surface area contributed by atoms with Crippen molar-refractivity contribution in [3.63, 3.8) is 0 Å². The molecule has 5 rings (SSSR count). The molecular weight excluding hydrogens is 416 g/mol. The van der Waals surface area contributed by atoms with Gasteiger partial charge in [0.15, 0.2) is 5.78 Å². The highest BCUT2D eigenvalue weighted by Gasteiger charge is 2.28. The van der Waals surface area contributed by atoms with Crippen molar-refractivity contribution in [3.05, 3.63) is 87.7 Å². The summed E-state index contributed by atoms with van der Waals surface area (Å²) < 4.78 is 1.61. The zero-order chi connectivity index (χ0) is 20.7. The first kappa shape index (κ1) is 19.3. The van der Waals surface area contributed by atoms with Gasteiger partial charge in [-0.1, -0.05) is 65.3 Å². The van der Waals surface area contributed by atoms with Crippen LogP contribution < -0.4 is 0 Å². The number of hydrogen-bond acceptors (Lipinski definition) is 5. The van der Waals surface area contributed by atoms with Crippen LogP contribution in [0.15, 0.2) is 59.9 Å². The molecule has 0 bridgehead atoms. The van der Waals surface area contributed by atoms with Crippen molar-refractivity contribution in [2.75, 3.05) is 0 Å². The van der Waals surface area contributed by atoms with Crippen LogP contribution in [0.1, 0.15) is 45.1 Å². The molecule has 5 nitrogen and oxygen atoms in total. The third-order valence-electron chi connectivity index (χ3n) is 5.37. The summed E-state index contributed by atoms with van der Waals surface area (Å²) in [5.41, 5.74) is 4.97. The van der Waals surface area contributed by atoms with Gasteiger partial charge in [0.05, 0.1) is 11.3 Å². The lowest BCUT2D eigenvalue weighted by molar-refractivity contribution is 0.0962. The summed E-state index contributed by atoms with van der Waals surface area (Å²) in [6.07, 6.45) is 3.01. The normalized spacial score (nSPS) is 16.1. The predicted octanol–water partition coefficient (Wildman–Crippen LogP) is 5.29. The third-order valence-corrected chi connectivity index (χ3v) is 6.51. The van der Waals surface area contributed by atoms with E-state index in [9.17, 15) is 4.79 Å². The lowest BCUT2D eigenvalue weighted by atomic mass is 9.82. The SMILES string of the molecule is Cc1ccc([C@@H]2CC(=O)c3cn4nc(SCc5cccc(Cl)c5)nc4nc3C2)cc1. The fourth-order valence-corrected chi connectivity index (χ4v) is 4.75. The fraction of sp³-hybridized carbons (Fsp3) is 0.217. The molecule has 0 aliphatic heterocycles. The summed E-state index contributed by atoms with van der Waals surface area (Å²) >= 11 is 7.58. The second kappa shape index (κ2) is 7.85. The van der Waals surface area contributed by atoms with Crippen LogP contribution in [0.25, 0.3) is 5.78 Å². The summed E-state index contributed by atoms with van der Waals surface area (Å²) in [5.74, 6) is 1.51. The average molecular weight is 435 g/mol. The molecule has 1 atom stereocenters. The molecule has 0 radical (unpaired) electrons. The topological polar surface area (TPSA) is 60.2 Å². The molecule has 4 aromatic rings. The van der Waals surface area contributed by atoms with Crippen molar-refractivity contribution < 1.29 is 4.79 Å². The van der Waals surface area contributed by atoms with Crippen LogP contribution in [0.2, 0.25) is 5.02 Å². The lowest BCUT2D eigenvalue weighted by Crippen LogP contribution is -2.21. The Morgan fingerprint density at radius 2 is 1.97 bits per heavy atom. The molecule has 0 amide bonds. The predicted molar refractivity (Wildman–Crippen MR) is 118 cm³/mol. The molecule has 0 saturated carbocycles. The number of ketones is 1. The van der Waals surface area contributed by atoms with Crippen LogP contribution in [0.5, 0.6) is 0 Å². The van der Waals surface area contributed by atoms with E-state index < -0.39 is 0 Å². The van der Waals surface area contributed by atoms with Crippen molar-refractivity contribution in [1.29, 1.82) is 0 Å². The van der Waals surface area contributed by atoms with E-state index in [-0.39, 0.29) is 11.7 Å². The number of carbonyl (C=O) groups excluding carboxylic acids is 1. The summed E-state index contributed by atoms with van der Waals surface area (Å²) in [6, 6.07) is 16.1. The second-order valence-electron chi connectivity index (χ2n) is 7.60. The zero-order valence-electron chi connectivity index (χ0n) is 16.4. The van der Waals surface area contributed by atoms with Gasteiger partial charge in [-0.05, 0) is 42.5 Å². The van der Waals surface area contributed by atoms with Crippen molar-refractivity contribution in [2.24, 2.45) is 0 Å². The second-order valence-corrected chi connectivity index (χ2v) is 8.98. The Bertz CT molecular complexity index is 1250. The maximum Gasteiger partial charge on any atom is 0.253 e. The Kier molecular flexibility index (Phi) is 5.05. The Morgan fingerprint density at radius 3 is 2.77 bits per heavy atom. The number of carbonyl (C=O) groups is 1. The number of halogens is 1. The van der Waals surface area contributed by atoms with Crippen LogP contribution >= 0.6 is 23.4 Å². The van der Waals surface area contributed by atoms with Gasteiger partial charge in [-0.25, -0.2) is 9.50 Å². The Hall–Kier alpha value is -2.70. The van der Waals surface area contributed by atoms with Gasteiger partial charge in [-0.3, -0.25) is 4.79 Å². The fourth-order valence-electron chi connectivity index (χ4n) is 3.77. The number of thioether (sulfide) groups is 1. The van der Waals surface area contributed by atoms with Crippen LogP contribution in [0.3, 0.4) is 0 Å². The molecule has 150 valence electrons. The number of rotatable bonds is 4. The highest BCUT2D eigenvalue weighted by Crippen LogP contribution is 2.32. The number of benzene rings is 2. The molecule has 0 saturated heterocycles. The van der Waals surface area contributed by atoms with E-state index in [0.29, 0.717) is 33.7 Å². The van der Waals surface area contributed by atoms with Gasteiger partial charge >= 0.3 is 0 Å². The van der Waals surface area contributed by atoms with E-state index in [1.807, 2.05) is 24.3 Å². The number of nitrogens with zero attached hydrogens (tertiary/aromatic N) is 4. The molecule has 0 fully saturated rings. The summed E-state index contributed by atoms with van der Waals surface area (Å²) in [5, 5.41) is 5.85. The minimum absolute atomic E-state index is 0.111. The Labute approximate surface area is 183 Å². The highest BCUT2D eigenvalue weighted by molar-refractivity contribution is 7.98. The van der Waals surface area contributed by atoms with E-state index in [1.54, 1.807) is 10.7 Å². The van der Waals surface area contributed by atoms with Crippen LogP contribution in [-0.2, 0) is 12.2 Å². The largest absolute Gasteiger partial charge is 0.294 e. The molecule has 0 spiro atoms. The highest BCUT2D eigenvalue weighted by atomic mass is 35.5. The van der Waals surface area contributed by atoms with Gasteiger partial charge in [0.25, 0.3) is 5.78 Å². The molecule has 2 aromatic carbocycles. The molecule has 1 aliphatic carbocycles. The van der Waals surface area contributed by atoms with E-state index in [2.05, 4.69) is 46.3 Å². The molecule has 2 aromatic heterocycles. The Morgan fingerprint density at radius 1 is 1.13 bits per heavy atom. The molecule has 0 N–H and O–H groups in total. The number of fused-ring (bicyclic) bond motifs is 2. The van der Waals surface area contributed by atoms with Gasteiger partial charge in [0.2, 0.25) is 5.16 Å². The van der Waals surface area contributed by atoms with Crippen LogP contribution in [-0.4, -0.2) is 25.4 Å². The first-order valence-corrected chi connectivity index (χ1v) is 11.1. The minimum atomic E-state index is 0.111. The number of aryl methyl sites for hydroxylation is 1. The van der Waals surface area contributed by atoms with Gasteiger partial charge < -0.3 is 0 Å². The molecule has 2 heterocycles. The quantitative estimate of drug-likeness (QED) is 0.408. The average Bonchev–Trinajstić information content (AvgIpc) is 3.13. The van der Waals surface area contributed by atoms with Gasteiger partial charge in [-0.2, -0.15) is 4.98 Å². The standard InChI is InChI=1S/C23H19ClN4OS/c1-14-5-7-16(8-6-14)17-10-20-19(21(29)11-17)12-28-22(25-20)26-23(27-28)30-13-15-3-2-4-18(24)9-15/h2-9,12,17H,10-11,13H2,1H3/t17-/m0/s1. The summed E-state index contributed by atoms with van der Waals surface area (Å²) in [4.78, 5) is 22.0. The molecule has 30 heavy (non-hydrogen) atoms. The van der Waals surface area contributed by atoms with E-state index in [1.165, 1.54) is 22.9 Å². The van der Waals surface area contributed by atoms with Gasteiger partial charge in [-0.15, -0.1) is 5.10 Å². The number of aromatic nitrogens is 4. The molecule has 7 heteroatoms. The lowest BCUT2D eigenvalue weighted by Gasteiger charge is -2.23. The smallest absolute Gasteiger partial charge is 0.253 e. The van der Waals surface area contributed by atoms with Crippen molar-refractivity contribution >= 4 is 34.9 Å². The van der Waals surface area contributed by atoms with Crippen molar-refractivity contribution in [1.82, 2.24) is 19.6 Å². The zero-order valence-corrected chi connectivity index (χ0v) is 18.0. The number of hydrogen-bond donors (Lipinski definition) is 0. The third kappa shape index (κ3) is 3.85. The maximum atomic E-state index is 12.8. The van der Waals surface area contributed by atoms with Gasteiger partial charge in [0.1, 0.15) is 0 Å². The van der Waals surface area contributed by atoms with Gasteiger partial charge in [0, 0.05) is 23.4 Å². The molecule has 0 unspecified atom stereocenters. The monoisotopic (exact) mass is 434 g/mol. The first-order chi connectivity index (χ1) is 14.5. The molecular formula is C23H19ClN4OS. The Balaban J connectivity index is 1.40. The molecule has 1 aliphatic rings. The number of Topliss-reactive ketones (excluding diaryl/α,β-unsaturated/α-hetero) is 1. The summed E-state index contributed by atoms with van der Waals surface area (Å²) in [6.45, 7) is 2.07. The van der Waals surface area contributed by atoms with E-state index in [4.69, 9.17) is 11.6 Å². The maximum absolute atomic E-state index is 12.8. The van der Waals surface area contributed by atoms with Crippen LogP contribution in [0.4, 0.5) is 0 Å². The van der Waals surface area contributed by atoms with Crippen LogP contribution in [0, 0.1) is 6.92 Å². The van der Waals surface area contributed by atoms with E-state index in [0.717, 1.165) is 17.7 Å². The van der Waals surface area contributed by atoms with E-state index >= 15 is 0 Å². The van der Waals surface area contributed by atoms with Crippen molar-refractivity contribution in [3.8, 4) is 0 Å². The first-order valence-electron chi connectivity index (χ1n) is 9.78. The summed E-state index contributed by atoms with van der Waals surface area (Å²) in [7, 11) is 0. The minimum Gasteiger partial charge on any atom is -0.294 e.